The molecule has 3 rings (SSSR count). The molecule has 4 heteroatoms. The van der Waals surface area contributed by atoms with Gasteiger partial charge >= 0.3 is 0 Å². The van der Waals surface area contributed by atoms with E-state index >= 15 is 0 Å². The van der Waals surface area contributed by atoms with E-state index in [2.05, 4.69) is 21.1 Å². The molecule has 1 aliphatic heterocycles. The quantitative estimate of drug-likeness (QED) is 0.796. The Balaban J connectivity index is 1.85. The average Bonchev–Trinajstić information content (AvgIpc) is 2.82. The molecule has 0 saturated carbocycles. The summed E-state index contributed by atoms with van der Waals surface area (Å²) in [6.07, 6.45) is 8.38. The molecule has 1 saturated heterocycles. The molecule has 0 N–H and O–H groups in total. The first-order valence-corrected chi connectivity index (χ1v) is 7.51. The second-order valence-electron chi connectivity index (χ2n) is 4.83. The molecule has 3 nitrogen and oxygen atoms in total. The van der Waals surface area contributed by atoms with Crippen LogP contribution in [-0.2, 0) is 6.42 Å². The van der Waals surface area contributed by atoms with Gasteiger partial charge < -0.3 is 4.40 Å². The second kappa shape index (κ2) is 5.14. The number of aldehydes is 1. The summed E-state index contributed by atoms with van der Waals surface area (Å²) in [5.41, 5.74) is 1.72. The number of carbonyl (C=O) groups excluding carboxylic acids is 1. The zero-order valence-corrected chi connectivity index (χ0v) is 11.0. The summed E-state index contributed by atoms with van der Waals surface area (Å²) in [6, 6.07) is 3.74. The van der Waals surface area contributed by atoms with E-state index in [4.69, 9.17) is 0 Å². The van der Waals surface area contributed by atoms with Crippen molar-refractivity contribution in [2.45, 2.75) is 19.3 Å². The van der Waals surface area contributed by atoms with Crippen LogP contribution in [0.15, 0.2) is 24.5 Å². The fourth-order valence-electron chi connectivity index (χ4n) is 2.52. The Hall–Kier alpha value is -1.29. The van der Waals surface area contributed by atoms with Gasteiger partial charge in [-0.3, -0.25) is 4.79 Å². The minimum atomic E-state index is 0.710. The minimum absolute atomic E-state index is 0.710. The molecule has 94 valence electrons. The predicted molar refractivity (Wildman–Crippen MR) is 74.3 cm³/mol. The lowest BCUT2D eigenvalue weighted by molar-refractivity contribution is 0.112. The molecule has 18 heavy (non-hydrogen) atoms. The fraction of sp³-hybridized carbons (Fsp3) is 0.429. The second-order valence-corrected chi connectivity index (χ2v) is 5.98. The number of aromatic nitrogens is 2. The molecular formula is C14H16N2OS. The molecule has 0 aromatic carbocycles. The van der Waals surface area contributed by atoms with Crippen molar-refractivity contribution in [3.63, 3.8) is 0 Å². The maximum Gasteiger partial charge on any atom is 0.150 e. The summed E-state index contributed by atoms with van der Waals surface area (Å²) in [7, 11) is 0. The Morgan fingerprint density at radius 2 is 2.50 bits per heavy atom. The van der Waals surface area contributed by atoms with Gasteiger partial charge in [-0.1, -0.05) is 0 Å². The average molecular weight is 260 g/mol. The van der Waals surface area contributed by atoms with Crippen molar-refractivity contribution in [3.05, 3.63) is 35.9 Å². The van der Waals surface area contributed by atoms with E-state index in [0.717, 1.165) is 30.0 Å². The number of pyridine rings is 1. The molecular weight excluding hydrogens is 244 g/mol. The summed E-state index contributed by atoms with van der Waals surface area (Å²) in [4.78, 5) is 15.2. The van der Waals surface area contributed by atoms with Gasteiger partial charge in [0, 0.05) is 18.2 Å². The summed E-state index contributed by atoms with van der Waals surface area (Å²) < 4.78 is 2.10. The third-order valence-electron chi connectivity index (χ3n) is 3.49. The molecule has 0 amide bonds. The maximum absolute atomic E-state index is 10.7. The topological polar surface area (TPSA) is 34.4 Å². The van der Waals surface area contributed by atoms with Crippen LogP contribution in [0.2, 0.25) is 0 Å². The highest BCUT2D eigenvalue weighted by molar-refractivity contribution is 7.99. The standard InChI is InChI=1S/C14H16N2OS/c17-9-11-3-4-16-13(6-11)8-15-14(16)7-12-2-1-5-18-10-12/h3-4,6,8-9,12H,1-2,5,7,10H2. The molecule has 1 fully saturated rings. The lowest BCUT2D eigenvalue weighted by Crippen LogP contribution is -2.14. The maximum atomic E-state index is 10.7. The number of hydrogen-bond acceptors (Lipinski definition) is 3. The molecule has 1 unspecified atom stereocenters. The minimum Gasteiger partial charge on any atom is -0.304 e. The number of hydrogen-bond donors (Lipinski definition) is 0. The van der Waals surface area contributed by atoms with Crippen molar-refractivity contribution < 1.29 is 4.79 Å². The van der Waals surface area contributed by atoms with Gasteiger partial charge in [0.05, 0.1) is 11.7 Å². The molecule has 0 radical (unpaired) electrons. The molecule has 1 aliphatic rings. The Morgan fingerprint density at radius 3 is 3.28 bits per heavy atom. The Morgan fingerprint density at radius 1 is 1.56 bits per heavy atom. The number of imidazole rings is 1. The van der Waals surface area contributed by atoms with Crippen LogP contribution in [-0.4, -0.2) is 27.2 Å². The molecule has 1 atom stereocenters. The van der Waals surface area contributed by atoms with Crippen LogP contribution >= 0.6 is 11.8 Å². The smallest absolute Gasteiger partial charge is 0.150 e. The van der Waals surface area contributed by atoms with E-state index in [0.29, 0.717) is 5.56 Å². The zero-order chi connectivity index (χ0) is 12.4. The predicted octanol–water partition coefficient (Wildman–Crippen LogP) is 2.83. The molecule has 0 bridgehead atoms. The SMILES string of the molecule is O=Cc1ccn2c(CC3CCCSC3)ncc2c1. The zero-order valence-electron chi connectivity index (χ0n) is 10.2. The first-order valence-electron chi connectivity index (χ1n) is 6.36. The normalized spacial score (nSPS) is 20.1. The molecule has 3 heterocycles. The summed E-state index contributed by atoms with van der Waals surface area (Å²) >= 11 is 2.05. The Bertz CT molecular complexity index is 558. The van der Waals surface area contributed by atoms with Crippen LogP contribution in [0, 0.1) is 5.92 Å². The van der Waals surface area contributed by atoms with Crippen LogP contribution in [0.5, 0.6) is 0 Å². The van der Waals surface area contributed by atoms with E-state index in [1.165, 1.54) is 24.3 Å². The summed E-state index contributed by atoms with van der Waals surface area (Å²) in [5.74, 6) is 4.43. The first-order chi connectivity index (χ1) is 8.86. The van der Waals surface area contributed by atoms with E-state index in [1.807, 2.05) is 24.5 Å². The van der Waals surface area contributed by atoms with Gasteiger partial charge in [-0.25, -0.2) is 4.98 Å². The van der Waals surface area contributed by atoms with Gasteiger partial charge in [-0.05, 0) is 42.4 Å². The number of fused-ring (bicyclic) bond motifs is 1. The highest BCUT2D eigenvalue weighted by Crippen LogP contribution is 2.25. The largest absolute Gasteiger partial charge is 0.304 e. The summed E-state index contributed by atoms with van der Waals surface area (Å²) in [5, 5.41) is 0. The molecule has 2 aromatic rings. The van der Waals surface area contributed by atoms with Gasteiger partial charge in [0.15, 0.2) is 0 Å². The Labute approximate surface area is 111 Å². The van der Waals surface area contributed by atoms with Crippen molar-refractivity contribution in [1.29, 1.82) is 0 Å². The lowest BCUT2D eigenvalue weighted by Gasteiger charge is -2.20. The number of rotatable bonds is 3. The summed E-state index contributed by atoms with van der Waals surface area (Å²) in [6.45, 7) is 0. The van der Waals surface area contributed by atoms with Crippen LogP contribution < -0.4 is 0 Å². The number of nitrogens with zero attached hydrogens (tertiary/aromatic N) is 2. The van der Waals surface area contributed by atoms with E-state index in [1.54, 1.807) is 0 Å². The monoisotopic (exact) mass is 260 g/mol. The molecule has 0 aliphatic carbocycles. The number of carbonyl (C=O) groups is 1. The Kier molecular flexibility index (Phi) is 3.37. The van der Waals surface area contributed by atoms with Crippen LogP contribution in [0.1, 0.15) is 29.0 Å². The van der Waals surface area contributed by atoms with Crippen molar-refractivity contribution in [2.75, 3.05) is 11.5 Å². The van der Waals surface area contributed by atoms with Crippen molar-refractivity contribution in [2.24, 2.45) is 5.92 Å². The first kappa shape index (κ1) is 11.8. The van der Waals surface area contributed by atoms with Gasteiger partial charge in [0.25, 0.3) is 0 Å². The van der Waals surface area contributed by atoms with Crippen LogP contribution in [0.4, 0.5) is 0 Å². The van der Waals surface area contributed by atoms with E-state index in [9.17, 15) is 4.79 Å². The van der Waals surface area contributed by atoms with Gasteiger partial charge in [0.2, 0.25) is 0 Å². The highest BCUT2D eigenvalue weighted by atomic mass is 32.2. The van der Waals surface area contributed by atoms with Crippen molar-refractivity contribution in [3.8, 4) is 0 Å². The fourth-order valence-corrected chi connectivity index (χ4v) is 3.68. The third-order valence-corrected chi connectivity index (χ3v) is 4.78. The van der Waals surface area contributed by atoms with Crippen molar-refractivity contribution >= 4 is 23.6 Å². The van der Waals surface area contributed by atoms with E-state index in [-0.39, 0.29) is 0 Å². The third kappa shape index (κ3) is 2.29. The van der Waals surface area contributed by atoms with Crippen LogP contribution in [0.25, 0.3) is 5.52 Å². The highest BCUT2D eigenvalue weighted by Gasteiger charge is 2.16. The van der Waals surface area contributed by atoms with Gasteiger partial charge in [-0.15, -0.1) is 0 Å². The van der Waals surface area contributed by atoms with Crippen LogP contribution in [0.3, 0.4) is 0 Å². The number of thioether (sulfide) groups is 1. The molecule has 0 spiro atoms. The van der Waals surface area contributed by atoms with Gasteiger partial charge in [-0.2, -0.15) is 11.8 Å². The van der Waals surface area contributed by atoms with E-state index < -0.39 is 0 Å². The molecule has 2 aromatic heterocycles. The van der Waals surface area contributed by atoms with Crippen molar-refractivity contribution in [1.82, 2.24) is 9.38 Å². The van der Waals surface area contributed by atoms with Gasteiger partial charge in [0.1, 0.15) is 12.1 Å². The lowest BCUT2D eigenvalue weighted by atomic mass is 10.0.